The van der Waals surface area contributed by atoms with Crippen LogP contribution in [0.4, 0.5) is 11.6 Å². The number of nitrogens with zero attached hydrogens (tertiary/aromatic N) is 3. The minimum Gasteiger partial charge on any atom is -0.493 e. The third kappa shape index (κ3) is 4.10. The molecule has 1 atom stereocenters. The Morgan fingerprint density at radius 2 is 1.97 bits per heavy atom. The van der Waals surface area contributed by atoms with Gasteiger partial charge in [-0.2, -0.15) is 10.1 Å². The summed E-state index contributed by atoms with van der Waals surface area (Å²) in [7, 11) is 1.49. The molecular weight excluding hydrogens is 412 g/mol. The number of carbonyl (C=O) groups is 2. The highest BCUT2D eigenvalue weighted by atomic mass is 16.5. The van der Waals surface area contributed by atoms with Crippen LogP contribution in [-0.4, -0.2) is 40.3 Å². The Balaban J connectivity index is 1.74. The molecule has 10 heteroatoms. The fraction of sp³-hybridized carbons (Fsp3) is 0.182. The van der Waals surface area contributed by atoms with Crippen LogP contribution in [0.3, 0.4) is 0 Å². The van der Waals surface area contributed by atoms with Crippen molar-refractivity contribution in [1.82, 2.24) is 14.8 Å². The normalized spacial score (nSPS) is 14.9. The molecule has 1 aliphatic rings. The van der Waals surface area contributed by atoms with E-state index in [1.807, 2.05) is 37.3 Å². The number of nitrogens with one attached hydrogen (secondary N) is 2. The molecule has 4 rings (SSSR count). The number of allylic oxidation sites excluding steroid dienone is 1. The maximum absolute atomic E-state index is 13.3. The fourth-order valence-electron chi connectivity index (χ4n) is 3.54. The third-order valence-corrected chi connectivity index (χ3v) is 4.94. The van der Waals surface area contributed by atoms with Gasteiger partial charge in [0, 0.05) is 11.4 Å². The van der Waals surface area contributed by atoms with E-state index in [9.17, 15) is 9.59 Å². The van der Waals surface area contributed by atoms with Crippen LogP contribution in [0.1, 0.15) is 18.5 Å². The maximum atomic E-state index is 13.3. The van der Waals surface area contributed by atoms with Crippen LogP contribution in [0.5, 0.6) is 11.5 Å². The molecule has 2 aromatic carbocycles. The Kier molecular flexibility index (Phi) is 5.75. The van der Waals surface area contributed by atoms with Crippen molar-refractivity contribution in [3.05, 3.63) is 71.7 Å². The summed E-state index contributed by atoms with van der Waals surface area (Å²) in [4.78, 5) is 28.6. The molecule has 0 spiro atoms. The van der Waals surface area contributed by atoms with E-state index < -0.39 is 11.9 Å². The van der Waals surface area contributed by atoms with E-state index >= 15 is 0 Å². The molecule has 1 unspecified atom stereocenters. The van der Waals surface area contributed by atoms with Crippen molar-refractivity contribution in [2.75, 3.05) is 24.4 Å². The van der Waals surface area contributed by atoms with Gasteiger partial charge in [-0.25, -0.2) is 4.68 Å². The van der Waals surface area contributed by atoms with Gasteiger partial charge in [-0.15, -0.1) is 0 Å². The summed E-state index contributed by atoms with van der Waals surface area (Å²) in [6.07, 6.45) is 1.42. The molecule has 2 heterocycles. The first kappa shape index (κ1) is 20.9. The molecule has 1 aromatic heterocycles. The van der Waals surface area contributed by atoms with Gasteiger partial charge in [0.05, 0.1) is 12.7 Å². The lowest BCUT2D eigenvalue weighted by Gasteiger charge is -2.29. The summed E-state index contributed by atoms with van der Waals surface area (Å²) < 4.78 is 12.5. The standard InChI is InChI=1S/C22H22N6O4/c1-13-19(21(30)27-15-6-4-3-5-7-15)20(28-22(26-13)24-12-25-28)14-8-9-16(17(10-14)31-2)32-11-18(23)29/h3-10,12,20H,11H2,1-2H3,(H2,23,29)(H,27,30)(H,24,25,26). The number of para-hydroxylation sites is 1. The first-order chi connectivity index (χ1) is 15.5. The van der Waals surface area contributed by atoms with Gasteiger partial charge in [0.2, 0.25) is 5.95 Å². The average Bonchev–Trinajstić information content (AvgIpc) is 3.25. The highest BCUT2D eigenvalue weighted by Crippen LogP contribution is 2.38. The Labute approximate surface area is 184 Å². The molecule has 0 radical (unpaired) electrons. The Bertz CT molecular complexity index is 1190. The molecule has 2 amide bonds. The first-order valence-corrected chi connectivity index (χ1v) is 9.80. The molecular formula is C22H22N6O4. The third-order valence-electron chi connectivity index (χ3n) is 4.94. The molecule has 3 aromatic rings. The van der Waals surface area contributed by atoms with E-state index in [-0.39, 0.29) is 12.5 Å². The van der Waals surface area contributed by atoms with Gasteiger partial charge in [-0.1, -0.05) is 24.3 Å². The molecule has 32 heavy (non-hydrogen) atoms. The number of hydrogen-bond acceptors (Lipinski definition) is 7. The predicted molar refractivity (Wildman–Crippen MR) is 117 cm³/mol. The number of benzene rings is 2. The lowest BCUT2D eigenvalue weighted by atomic mass is 9.94. The van der Waals surface area contributed by atoms with Crippen molar-refractivity contribution in [2.45, 2.75) is 13.0 Å². The number of aromatic nitrogens is 3. The maximum Gasteiger partial charge on any atom is 0.255 e. The van der Waals surface area contributed by atoms with E-state index in [0.717, 1.165) is 5.56 Å². The van der Waals surface area contributed by atoms with Gasteiger partial charge < -0.3 is 25.8 Å². The highest BCUT2D eigenvalue weighted by Gasteiger charge is 2.34. The fourth-order valence-corrected chi connectivity index (χ4v) is 3.54. The van der Waals surface area contributed by atoms with Gasteiger partial charge in [-0.05, 0) is 36.8 Å². The molecule has 1 aliphatic heterocycles. The molecule has 0 aliphatic carbocycles. The second-order valence-electron chi connectivity index (χ2n) is 7.08. The van der Waals surface area contributed by atoms with Gasteiger partial charge in [0.1, 0.15) is 12.4 Å². The van der Waals surface area contributed by atoms with Crippen molar-refractivity contribution < 1.29 is 19.1 Å². The van der Waals surface area contributed by atoms with E-state index in [0.29, 0.717) is 34.4 Å². The number of amides is 2. The minimum absolute atomic E-state index is 0.277. The lowest BCUT2D eigenvalue weighted by molar-refractivity contribution is -0.120. The largest absolute Gasteiger partial charge is 0.493 e. The van der Waals surface area contributed by atoms with Crippen LogP contribution < -0.4 is 25.8 Å². The number of rotatable bonds is 7. The number of carbonyl (C=O) groups excluding carboxylic acids is 2. The number of nitrogens with two attached hydrogens (primary N) is 1. The quantitative estimate of drug-likeness (QED) is 0.518. The van der Waals surface area contributed by atoms with Crippen molar-refractivity contribution in [2.24, 2.45) is 5.73 Å². The summed E-state index contributed by atoms with van der Waals surface area (Å²) in [5, 5.41) is 10.4. The minimum atomic E-state index is -0.597. The van der Waals surface area contributed by atoms with Crippen LogP contribution in [0.2, 0.25) is 0 Å². The number of hydrogen-bond donors (Lipinski definition) is 3. The molecule has 0 bridgehead atoms. The monoisotopic (exact) mass is 434 g/mol. The first-order valence-electron chi connectivity index (χ1n) is 9.80. The Morgan fingerprint density at radius 1 is 1.19 bits per heavy atom. The van der Waals surface area contributed by atoms with Crippen molar-refractivity contribution in [3.8, 4) is 11.5 Å². The molecule has 10 nitrogen and oxygen atoms in total. The summed E-state index contributed by atoms with van der Waals surface area (Å²) in [5.74, 6) is 0.389. The zero-order chi connectivity index (χ0) is 22.7. The van der Waals surface area contributed by atoms with Crippen molar-refractivity contribution in [1.29, 1.82) is 0 Å². The van der Waals surface area contributed by atoms with Crippen LogP contribution in [-0.2, 0) is 9.59 Å². The lowest BCUT2D eigenvalue weighted by Crippen LogP contribution is -2.31. The Hall–Kier alpha value is -4.34. The van der Waals surface area contributed by atoms with Crippen LogP contribution in [0, 0.1) is 0 Å². The molecule has 4 N–H and O–H groups in total. The molecule has 0 fully saturated rings. The van der Waals surface area contributed by atoms with Gasteiger partial charge in [0.25, 0.3) is 11.8 Å². The number of primary amides is 1. The Morgan fingerprint density at radius 3 is 2.69 bits per heavy atom. The average molecular weight is 434 g/mol. The number of anilines is 2. The summed E-state index contributed by atoms with van der Waals surface area (Å²) in [5.41, 5.74) is 7.69. The molecule has 0 saturated carbocycles. The zero-order valence-corrected chi connectivity index (χ0v) is 17.5. The molecule has 164 valence electrons. The molecule has 0 saturated heterocycles. The number of ether oxygens (including phenoxy) is 2. The summed E-state index contributed by atoms with van der Waals surface area (Å²) in [6, 6.07) is 13.8. The second kappa shape index (κ2) is 8.80. The van der Waals surface area contributed by atoms with Gasteiger partial charge >= 0.3 is 0 Å². The van der Waals surface area contributed by atoms with E-state index in [4.69, 9.17) is 15.2 Å². The predicted octanol–water partition coefficient (Wildman–Crippen LogP) is 2.08. The van der Waals surface area contributed by atoms with Crippen LogP contribution in [0.15, 0.2) is 66.1 Å². The highest BCUT2D eigenvalue weighted by molar-refractivity contribution is 6.06. The number of fused-ring (bicyclic) bond motifs is 1. The topological polar surface area (TPSA) is 133 Å². The SMILES string of the molecule is COc1cc(C2C(C(=O)Nc3ccccc3)=C(C)Nc3ncnn32)ccc1OCC(N)=O. The second-order valence-corrected chi connectivity index (χ2v) is 7.08. The van der Waals surface area contributed by atoms with Crippen LogP contribution >= 0.6 is 0 Å². The van der Waals surface area contributed by atoms with E-state index in [1.54, 1.807) is 22.9 Å². The summed E-state index contributed by atoms with van der Waals surface area (Å²) in [6.45, 7) is 1.53. The van der Waals surface area contributed by atoms with Gasteiger partial charge in [-0.3, -0.25) is 9.59 Å². The number of methoxy groups -OCH3 is 1. The van der Waals surface area contributed by atoms with Crippen molar-refractivity contribution in [3.63, 3.8) is 0 Å². The summed E-state index contributed by atoms with van der Waals surface area (Å²) >= 11 is 0. The van der Waals surface area contributed by atoms with E-state index in [2.05, 4.69) is 20.7 Å². The van der Waals surface area contributed by atoms with Crippen LogP contribution in [0.25, 0.3) is 0 Å². The zero-order valence-electron chi connectivity index (χ0n) is 17.5. The smallest absolute Gasteiger partial charge is 0.255 e. The van der Waals surface area contributed by atoms with E-state index in [1.165, 1.54) is 13.4 Å². The van der Waals surface area contributed by atoms with Gasteiger partial charge in [0.15, 0.2) is 18.1 Å². The van der Waals surface area contributed by atoms with Crippen molar-refractivity contribution >= 4 is 23.5 Å².